The van der Waals surface area contributed by atoms with Crippen LogP contribution in [0.5, 0.6) is 0 Å². The number of nitrogens with one attached hydrogen (secondary N) is 1. The SMILES string of the molecule is CC(=O)c1ccccc1-c1ccc2onc(C(=O)Nc3ccc(C#N)cc3C(=O)O)c2c1. The lowest BCUT2D eigenvalue weighted by Gasteiger charge is -2.08. The van der Waals surface area contributed by atoms with Crippen molar-refractivity contribution in [3.8, 4) is 17.2 Å². The quantitative estimate of drug-likeness (QED) is 0.449. The Balaban J connectivity index is 1.75. The maximum absolute atomic E-state index is 12.9. The Morgan fingerprint density at radius 1 is 1.03 bits per heavy atom. The van der Waals surface area contributed by atoms with Gasteiger partial charge in [0.15, 0.2) is 17.1 Å². The van der Waals surface area contributed by atoms with Crippen molar-refractivity contribution in [2.24, 2.45) is 0 Å². The average molecular weight is 425 g/mol. The Morgan fingerprint density at radius 3 is 2.53 bits per heavy atom. The predicted molar refractivity (Wildman–Crippen MR) is 116 cm³/mol. The number of aromatic carboxylic acids is 1. The number of amides is 1. The van der Waals surface area contributed by atoms with Gasteiger partial charge in [-0.1, -0.05) is 35.5 Å². The third-order valence-electron chi connectivity index (χ3n) is 4.93. The molecule has 0 atom stereocenters. The maximum Gasteiger partial charge on any atom is 0.337 e. The van der Waals surface area contributed by atoms with Crippen LogP contribution in [0.2, 0.25) is 0 Å². The zero-order valence-electron chi connectivity index (χ0n) is 16.7. The zero-order valence-corrected chi connectivity index (χ0v) is 16.7. The van der Waals surface area contributed by atoms with E-state index in [-0.39, 0.29) is 28.3 Å². The first-order valence-electron chi connectivity index (χ1n) is 9.47. The van der Waals surface area contributed by atoms with Gasteiger partial charge >= 0.3 is 5.97 Å². The molecule has 0 bridgehead atoms. The minimum atomic E-state index is -1.29. The Hall–Kier alpha value is -4.77. The summed E-state index contributed by atoms with van der Waals surface area (Å²) < 4.78 is 5.25. The molecule has 0 unspecified atom stereocenters. The van der Waals surface area contributed by atoms with E-state index >= 15 is 0 Å². The Kier molecular flexibility index (Phi) is 5.23. The summed E-state index contributed by atoms with van der Waals surface area (Å²) in [6.07, 6.45) is 0. The lowest BCUT2D eigenvalue weighted by Crippen LogP contribution is -2.15. The number of rotatable bonds is 5. The van der Waals surface area contributed by atoms with Crippen LogP contribution in [-0.2, 0) is 0 Å². The highest BCUT2D eigenvalue weighted by Gasteiger charge is 2.20. The molecule has 1 amide bonds. The molecule has 8 heteroatoms. The van der Waals surface area contributed by atoms with Gasteiger partial charge in [-0.05, 0) is 48.4 Å². The molecule has 0 saturated carbocycles. The fraction of sp³-hybridized carbons (Fsp3) is 0.0417. The maximum atomic E-state index is 12.9. The van der Waals surface area contributed by atoms with Crippen molar-refractivity contribution in [3.63, 3.8) is 0 Å². The van der Waals surface area contributed by atoms with Gasteiger partial charge in [0.2, 0.25) is 0 Å². The third kappa shape index (κ3) is 3.70. The molecule has 0 aliphatic carbocycles. The normalized spacial score (nSPS) is 10.5. The molecule has 0 spiro atoms. The number of anilines is 1. The number of ketones is 1. The van der Waals surface area contributed by atoms with Gasteiger partial charge in [0.1, 0.15) is 0 Å². The number of benzene rings is 3. The number of aromatic nitrogens is 1. The summed E-state index contributed by atoms with van der Waals surface area (Å²) in [5, 5.41) is 25.2. The fourth-order valence-corrected chi connectivity index (χ4v) is 3.39. The summed E-state index contributed by atoms with van der Waals surface area (Å²) in [6.45, 7) is 1.48. The monoisotopic (exact) mass is 425 g/mol. The number of fused-ring (bicyclic) bond motifs is 1. The number of Topliss-reactive ketones (excluding diaryl/α,β-unsaturated/α-hetero) is 1. The molecule has 0 radical (unpaired) electrons. The smallest absolute Gasteiger partial charge is 0.337 e. The summed E-state index contributed by atoms with van der Waals surface area (Å²) in [5.74, 6) is -2.05. The lowest BCUT2D eigenvalue weighted by molar-refractivity contribution is 0.0697. The molecule has 4 aromatic rings. The van der Waals surface area contributed by atoms with Crippen LogP contribution in [0.25, 0.3) is 22.1 Å². The van der Waals surface area contributed by atoms with E-state index in [1.165, 1.54) is 25.1 Å². The summed E-state index contributed by atoms with van der Waals surface area (Å²) in [5.41, 5.74) is 2.22. The van der Waals surface area contributed by atoms with Crippen LogP contribution in [0.15, 0.2) is 65.2 Å². The largest absolute Gasteiger partial charge is 0.478 e. The number of nitriles is 1. The molecule has 0 saturated heterocycles. The van der Waals surface area contributed by atoms with Crippen LogP contribution in [0, 0.1) is 11.3 Å². The molecule has 2 N–H and O–H groups in total. The first-order valence-corrected chi connectivity index (χ1v) is 9.47. The Labute approximate surface area is 181 Å². The summed E-state index contributed by atoms with van der Waals surface area (Å²) >= 11 is 0. The number of hydrogen-bond acceptors (Lipinski definition) is 6. The van der Waals surface area contributed by atoms with Crippen LogP contribution >= 0.6 is 0 Å². The second-order valence-corrected chi connectivity index (χ2v) is 6.98. The van der Waals surface area contributed by atoms with E-state index in [1.54, 1.807) is 36.4 Å². The highest BCUT2D eigenvalue weighted by atomic mass is 16.5. The first-order chi connectivity index (χ1) is 15.4. The number of carboxylic acids is 1. The number of carboxylic acid groups (broad SMARTS) is 1. The molecular weight excluding hydrogens is 410 g/mol. The average Bonchev–Trinajstić information content (AvgIpc) is 3.22. The summed E-state index contributed by atoms with van der Waals surface area (Å²) in [6, 6.07) is 18.0. The van der Waals surface area contributed by atoms with Crippen molar-refractivity contribution in [2.45, 2.75) is 6.92 Å². The molecule has 0 aliphatic rings. The topological polar surface area (TPSA) is 133 Å². The van der Waals surface area contributed by atoms with Crippen molar-refractivity contribution in [3.05, 3.63) is 83.0 Å². The third-order valence-corrected chi connectivity index (χ3v) is 4.93. The molecule has 0 fully saturated rings. The zero-order chi connectivity index (χ0) is 22.8. The molecule has 0 aliphatic heterocycles. The first kappa shape index (κ1) is 20.5. The minimum absolute atomic E-state index is 0.0238. The van der Waals surface area contributed by atoms with Gasteiger partial charge in [-0.15, -0.1) is 0 Å². The van der Waals surface area contributed by atoms with Crippen molar-refractivity contribution in [1.29, 1.82) is 5.26 Å². The van der Waals surface area contributed by atoms with Crippen molar-refractivity contribution < 1.29 is 24.0 Å². The molecule has 1 heterocycles. The molecule has 3 aromatic carbocycles. The van der Waals surface area contributed by atoms with Crippen LogP contribution in [0.3, 0.4) is 0 Å². The highest BCUT2D eigenvalue weighted by molar-refractivity contribution is 6.13. The van der Waals surface area contributed by atoms with E-state index in [9.17, 15) is 19.5 Å². The minimum Gasteiger partial charge on any atom is -0.478 e. The van der Waals surface area contributed by atoms with E-state index in [2.05, 4.69) is 10.5 Å². The Morgan fingerprint density at radius 2 is 1.81 bits per heavy atom. The lowest BCUT2D eigenvalue weighted by atomic mass is 9.96. The second kappa shape index (κ2) is 8.16. The number of carbonyl (C=O) groups excluding carboxylic acids is 2. The number of carbonyl (C=O) groups is 3. The standard InChI is InChI=1S/C24H15N3O5/c1-13(28)16-4-2-3-5-17(16)15-7-9-21-19(11-15)22(27-32-21)23(29)26-20-8-6-14(12-25)10-18(20)24(30)31/h2-11H,1H3,(H,26,29)(H,30,31). The van der Waals surface area contributed by atoms with Gasteiger partial charge in [-0.25, -0.2) is 4.79 Å². The van der Waals surface area contributed by atoms with Crippen molar-refractivity contribution >= 4 is 34.3 Å². The fourth-order valence-electron chi connectivity index (χ4n) is 3.39. The van der Waals surface area contributed by atoms with Gasteiger partial charge in [-0.2, -0.15) is 5.26 Å². The van der Waals surface area contributed by atoms with Gasteiger partial charge in [0.05, 0.1) is 28.3 Å². The van der Waals surface area contributed by atoms with Gasteiger partial charge < -0.3 is 14.9 Å². The number of hydrogen-bond donors (Lipinski definition) is 2. The highest BCUT2D eigenvalue weighted by Crippen LogP contribution is 2.30. The predicted octanol–water partition coefficient (Wildman–Crippen LogP) is 4.52. The molecular formula is C24H15N3O5. The van der Waals surface area contributed by atoms with E-state index < -0.39 is 11.9 Å². The van der Waals surface area contributed by atoms with E-state index in [0.717, 1.165) is 0 Å². The van der Waals surface area contributed by atoms with Gasteiger partial charge in [0, 0.05) is 5.56 Å². The molecule has 32 heavy (non-hydrogen) atoms. The van der Waals surface area contributed by atoms with Crippen LogP contribution < -0.4 is 5.32 Å². The van der Waals surface area contributed by atoms with Crippen LogP contribution in [0.1, 0.15) is 43.7 Å². The van der Waals surface area contributed by atoms with Crippen LogP contribution in [0.4, 0.5) is 5.69 Å². The molecule has 8 nitrogen and oxygen atoms in total. The summed E-state index contributed by atoms with van der Waals surface area (Å²) in [7, 11) is 0. The summed E-state index contributed by atoms with van der Waals surface area (Å²) in [4.78, 5) is 36.4. The van der Waals surface area contributed by atoms with E-state index in [1.807, 2.05) is 12.1 Å². The van der Waals surface area contributed by atoms with E-state index in [4.69, 9.17) is 9.78 Å². The van der Waals surface area contributed by atoms with Crippen molar-refractivity contribution in [1.82, 2.24) is 5.16 Å². The van der Waals surface area contributed by atoms with Crippen LogP contribution in [-0.4, -0.2) is 27.9 Å². The van der Waals surface area contributed by atoms with E-state index in [0.29, 0.717) is 27.7 Å². The molecule has 4 rings (SSSR count). The van der Waals surface area contributed by atoms with Crippen molar-refractivity contribution in [2.75, 3.05) is 5.32 Å². The number of nitrogens with zero attached hydrogens (tertiary/aromatic N) is 2. The second-order valence-electron chi connectivity index (χ2n) is 6.98. The van der Waals surface area contributed by atoms with Gasteiger partial charge in [-0.3, -0.25) is 9.59 Å². The van der Waals surface area contributed by atoms with Gasteiger partial charge in [0.25, 0.3) is 5.91 Å². The molecule has 156 valence electrons. The molecule has 1 aromatic heterocycles. The Bertz CT molecular complexity index is 1450.